The summed E-state index contributed by atoms with van der Waals surface area (Å²) in [6.07, 6.45) is 3.11. The van der Waals surface area contributed by atoms with Gasteiger partial charge in [0.2, 0.25) is 0 Å². The maximum Gasteiger partial charge on any atom is 0.252 e. The molecule has 1 aliphatic rings. The van der Waals surface area contributed by atoms with Gasteiger partial charge in [-0.1, -0.05) is 0 Å². The van der Waals surface area contributed by atoms with E-state index in [1.165, 1.54) is 19.3 Å². The lowest BCUT2D eigenvalue weighted by molar-refractivity contribution is -0.115. The van der Waals surface area contributed by atoms with E-state index >= 15 is 0 Å². The number of rotatable bonds is 2. The third-order valence-corrected chi connectivity index (χ3v) is 1.24. The van der Waals surface area contributed by atoms with Crippen molar-refractivity contribution in [3.8, 4) is 0 Å². The van der Waals surface area contributed by atoms with Gasteiger partial charge in [0.1, 0.15) is 12.0 Å². The number of allylic oxidation sites excluding steroid dienone is 1. The second-order valence-electron chi connectivity index (χ2n) is 1.92. The van der Waals surface area contributed by atoms with Crippen LogP contribution in [0.1, 0.15) is 0 Å². The van der Waals surface area contributed by atoms with E-state index in [0.29, 0.717) is 17.7 Å². The zero-order valence-electron chi connectivity index (χ0n) is 5.96. The van der Waals surface area contributed by atoms with E-state index in [-0.39, 0.29) is 5.91 Å². The molecule has 0 fully saturated rings. The molecule has 1 N–H and O–H groups in total. The highest BCUT2D eigenvalue weighted by Crippen LogP contribution is 2.12. The predicted octanol–water partition coefficient (Wildman–Crippen LogP) is -0.271. The van der Waals surface area contributed by atoms with Crippen LogP contribution in [0.3, 0.4) is 0 Å². The minimum Gasteiger partial charge on any atom is -0.494 e. The minimum absolute atomic E-state index is 0.269. The Morgan fingerprint density at radius 1 is 1.64 bits per heavy atom. The van der Waals surface area contributed by atoms with Crippen molar-refractivity contribution in [1.82, 2.24) is 5.32 Å². The van der Waals surface area contributed by atoms with Crippen LogP contribution in [0.5, 0.6) is 0 Å². The van der Waals surface area contributed by atoms with Crippen molar-refractivity contribution in [3.05, 3.63) is 23.6 Å². The molecule has 1 rings (SSSR count). The summed E-state index contributed by atoms with van der Waals surface area (Å²) in [5, 5.41) is 2.43. The van der Waals surface area contributed by atoms with Crippen LogP contribution in [0.4, 0.5) is 0 Å². The predicted molar refractivity (Wildman–Crippen MR) is 37.4 cm³/mol. The van der Waals surface area contributed by atoms with Crippen LogP contribution >= 0.6 is 0 Å². The molecule has 1 amide bonds. The normalized spacial score (nSPS) is 19.5. The van der Waals surface area contributed by atoms with Crippen LogP contribution in [0.25, 0.3) is 0 Å². The second kappa shape index (κ2) is 3.01. The van der Waals surface area contributed by atoms with Gasteiger partial charge in [-0.3, -0.25) is 9.59 Å². The molecule has 4 nitrogen and oxygen atoms in total. The molecule has 0 aromatic rings. The van der Waals surface area contributed by atoms with Crippen molar-refractivity contribution in [1.29, 1.82) is 0 Å². The molecule has 1 heterocycles. The van der Waals surface area contributed by atoms with Crippen molar-refractivity contribution in [3.63, 3.8) is 0 Å². The lowest BCUT2D eigenvalue weighted by atomic mass is 10.4. The maximum atomic E-state index is 10.7. The molecule has 0 spiro atoms. The Bertz CT molecular complexity index is 252. The fraction of sp³-hybridized carbons (Fsp3) is 0.143. The van der Waals surface area contributed by atoms with Gasteiger partial charge in [-0.2, -0.15) is 0 Å². The number of aldehydes is 1. The lowest BCUT2D eigenvalue weighted by Crippen LogP contribution is -2.13. The topological polar surface area (TPSA) is 55.4 Å². The Morgan fingerprint density at radius 2 is 2.36 bits per heavy atom. The molecule has 1 aliphatic heterocycles. The van der Waals surface area contributed by atoms with Crippen LogP contribution in [0.15, 0.2) is 23.6 Å². The third-order valence-electron chi connectivity index (χ3n) is 1.24. The van der Waals surface area contributed by atoms with E-state index in [0.717, 1.165) is 0 Å². The van der Waals surface area contributed by atoms with Crippen LogP contribution in [0, 0.1) is 0 Å². The van der Waals surface area contributed by atoms with Crippen molar-refractivity contribution < 1.29 is 14.3 Å². The van der Waals surface area contributed by atoms with Gasteiger partial charge in [-0.15, -0.1) is 0 Å². The molecule has 0 bridgehead atoms. The highest BCUT2D eigenvalue weighted by atomic mass is 16.5. The molecule has 58 valence electrons. The summed E-state index contributed by atoms with van der Waals surface area (Å²) in [5.41, 5.74) is 0.410. The van der Waals surface area contributed by atoms with Crippen LogP contribution < -0.4 is 5.32 Å². The number of ether oxygens (including phenoxy) is 1. The van der Waals surface area contributed by atoms with Gasteiger partial charge < -0.3 is 10.1 Å². The van der Waals surface area contributed by atoms with Crippen LogP contribution in [0.2, 0.25) is 0 Å². The maximum absolute atomic E-state index is 10.7. The molecule has 0 aromatic heterocycles. The van der Waals surface area contributed by atoms with E-state index in [1.54, 1.807) is 0 Å². The van der Waals surface area contributed by atoms with E-state index in [9.17, 15) is 9.59 Å². The molecule has 11 heavy (non-hydrogen) atoms. The summed E-state index contributed by atoms with van der Waals surface area (Å²) in [7, 11) is 1.44. The molecule has 4 heteroatoms. The highest BCUT2D eigenvalue weighted by molar-refractivity contribution is 5.95. The first-order chi connectivity index (χ1) is 5.27. The summed E-state index contributed by atoms with van der Waals surface area (Å²) in [4.78, 5) is 20.7. The van der Waals surface area contributed by atoms with Crippen molar-refractivity contribution in [2.75, 3.05) is 7.11 Å². The molecular formula is C7H7NO3. The van der Waals surface area contributed by atoms with Gasteiger partial charge in [0.05, 0.1) is 12.8 Å². The average molecular weight is 153 g/mol. The molecule has 0 saturated heterocycles. The number of hydrogen-bond donors (Lipinski definition) is 1. The number of carbonyl (C=O) groups excluding carboxylic acids is 2. The van der Waals surface area contributed by atoms with E-state index in [1.807, 2.05) is 0 Å². The van der Waals surface area contributed by atoms with Crippen molar-refractivity contribution in [2.24, 2.45) is 0 Å². The molecule has 0 saturated carbocycles. The van der Waals surface area contributed by atoms with Crippen LogP contribution in [-0.2, 0) is 14.3 Å². The Labute approximate surface area is 63.5 Å². The smallest absolute Gasteiger partial charge is 0.252 e. The van der Waals surface area contributed by atoms with E-state index in [4.69, 9.17) is 4.74 Å². The highest BCUT2D eigenvalue weighted by Gasteiger charge is 2.16. The number of carbonyl (C=O) groups is 2. The SMILES string of the molecule is COC1=CC(=O)N/C1=C\C=O. The first kappa shape index (κ1) is 7.53. The standard InChI is InChI=1S/C7H7NO3/c1-11-6-4-7(10)8-5(6)2-3-9/h2-4H,1H3,(H,8,10)/b5-2-. The summed E-state index contributed by atoms with van der Waals surface area (Å²) < 4.78 is 4.80. The van der Waals surface area contributed by atoms with Gasteiger partial charge in [0.25, 0.3) is 5.91 Å². The largest absolute Gasteiger partial charge is 0.494 e. The minimum atomic E-state index is -0.269. The van der Waals surface area contributed by atoms with Crippen LogP contribution in [-0.4, -0.2) is 19.3 Å². The van der Waals surface area contributed by atoms with Crippen molar-refractivity contribution in [2.45, 2.75) is 0 Å². The summed E-state index contributed by atoms with van der Waals surface area (Å²) in [5.74, 6) is 0.122. The molecule has 0 radical (unpaired) electrons. The fourth-order valence-corrected chi connectivity index (χ4v) is 0.788. The van der Waals surface area contributed by atoms with Gasteiger partial charge >= 0.3 is 0 Å². The van der Waals surface area contributed by atoms with E-state index < -0.39 is 0 Å². The molecule has 0 aromatic carbocycles. The quantitative estimate of drug-likeness (QED) is 0.439. The first-order valence-electron chi connectivity index (χ1n) is 3.00. The molecule has 0 aliphatic carbocycles. The number of hydrogen-bond acceptors (Lipinski definition) is 3. The monoisotopic (exact) mass is 153 g/mol. The first-order valence-corrected chi connectivity index (χ1v) is 3.00. The number of methoxy groups -OCH3 is 1. The molecular weight excluding hydrogens is 146 g/mol. The molecule has 0 unspecified atom stereocenters. The zero-order chi connectivity index (χ0) is 8.27. The summed E-state index contributed by atoms with van der Waals surface area (Å²) in [6, 6.07) is 0. The Hall–Kier alpha value is -1.58. The van der Waals surface area contributed by atoms with Crippen molar-refractivity contribution >= 4 is 12.2 Å². The number of nitrogens with one attached hydrogen (secondary N) is 1. The third kappa shape index (κ3) is 1.46. The van der Waals surface area contributed by atoms with Gasteiger partial charge in [0, 0.05) is 12.2 Å². The Balaban J connectivity index is 2.87. The Morgan fingerprint density at radius 3 is 2.91 bits per heavy atom. The van der Waals surface area contributed by atoms with Gasteiger partial charge in [-0.05, 0) is 0 Å². The lowest BCUT2D eigenvalue weighted by Gasteiger charge is -2.00. The van der Waals surface area contributed by atoms with E-state index in [2.05, 4.69) is 5.32 Å². The number of amides is 1. The second-order valence-corrected chi connectivity index (χ2v) is 1.92. The fourth-order valence-electron chi connectivity index (χ4n) is 0.788. The van der Waals surface area contributed by atoms with Gasteiger partial charge in [0.15, 0.2) is 0 Å². The average Bonchev–Trinajstić information content (AvgIpc) is 2.32. The summed E-state index contributed by atoms with van der Waals surface area (Å²) in [6.45, 7) is 0. The Kier molecular flexibility index (Phi) is 2.06. The summed E-state index contributed by atoms with van der Waals surface area (Å²) >= 11 is 0. The molecule has 0 atom stereocenters. The van der Waals surface area contributed by atoms with Gasteiger partial charge in [-0.25, -0.2) is 0 Å². The zero-order valence-corrected chi connectivity index (χ0v) is 5.96.